The molecule has 0 spiro atoms. The molecule has 2 rings (SSSR count). The number of hydrogen-bond acceptors (Lipinski definition) is 5. The van der Waals surface area contributed by atoms with Crippen molar-refractivity contribution in [3.63, 3.8) is 0 Å². The summed E-state index contributed by atoms with van der Waals surface area (Å²) in [7, 11) is 0. The minimum absolute atomic E-state index is 0.0696. The van der Waals surface area contributed by atoms with Gasteiger partial charge in [0.1, 0.15) is 5.82 Å². The van der Waals surface area contributed by atoms with Crippen LogP contribution in [-0.2, 0) is 6.42 Å². The zero-order valence-electron chi connectivity index (χ0n) is 10.0. The number of nitro groups is 1. The Morgan fingerprint density at radius 2 is 2.22 bits per heavy atom. The van der Waals surface area contributed by atoms with Gasteiger partial charge in [0.2, 0.25) is 0 Å². The molecule has 0 aliphatic carbocycles. The smallest absolute Gasteiger partial charge is 0.270 e. The molecule has 18 heavy (non-hydrogen) atoms. The Bertz CT molecular complexity index is 598. The van der Waals surface area contributed by atoms with Crippen LogP contribution in [0.15, 0.2) is 24.3 Å². The predicted octanol–water partition coefficient (Wildman–Crippen LogP) is 2.38. The van der Waals surface area contributed by atoms with Crippen LogP contribution in [-0.4, -0.2) is 9.91 Å². The molecule has 6 heteroatoms. The van der Waals surface area contributed by atoms with Crippen LogP contribution in [0, 0.1) is 10.1 Å². The quantitative estimate of drug-likeness (QED) is 0.490. The summed E-state index contributed by atoms with van der Waals surface area (Å²) in [6.07, 6.45) is 1.78. The molecule has 94 valence electrons. The standard InChI is InChI=1S/C12H14N4O2/c1-2-3-8-6-9-7-10(16(17)18)4-5-11(9)14-12(8)15-13/h4-7H,2-3,13H2,1H3,(H,14,15). The molecule has 1 aromatic heterocycles. The Morgan fingerprint density at radius 3 is 2.83 bits per heavy atom. The number of nitrogens with zero attached hydrogens (tertiary/aromatic N) is 2. The summed E-state index contributed by atoms with van der Waals surface area (Å²) >= 11 is 0. The maximum absolute atomic E-state index is 10.7. The van der Waals surface area contributed by atoms with E-state index in [0.717, 1.165) is 23.8 Å². The predicted molar refractivity (Wildman–Crippen MR) is 70.2 cm³/mol. The number of nitrogens with two attached hydrogens (primary N) is 1. The Kier molecular flexibility index (Phi) is 3.38. The van der Waals surface area contributed by atoms with Gasteiger partial charge in [-0.3, -0.25) is 10.1 Å². The van der Waals surface area contributed by atoms with E-state index in [4.69, 9.17) is 5.84 Å². The minimum atomic E-state index is -0.409. The third-order valence-corrected chi connectivity index (χ3v) is 2.74. The van der Waals surface area contributed by atoms with E-state index in [-0.39, 0.29) is 5.69 Å². The lowest BCUT2D eigenvalue weighted by atomic mass is 10.1. The number of nitrogen functional groups attached to an aromatic ring is 1. The lowest BCUT2D eigenvalue weighted by Crippen LogP contribution is -2.11. The van der Waals surface area contributed by atoms with Gasteiger partial charge in [-0.25, -0.2) is 10.8 Å². The van der Waals surface area contributed by atoms with Crippen LogP contribution in [0.1, 0.15) is 18.9 Å². The average Bonchev–Trinajstić information content (AvgIpc) is 2.37. The monoisotopic (exact) mass is 246 g/mol. The largest absolute Gasteiger partial charge is 0.308 e. The van der Waals surface area contributed by atoms with Crippen molar-refractivity contribution in [1.82, 2.24) is 4.98 Å². The van der Waals surface area contributed by atoms with Crippen molar-refractivity contribution in [2.45, 2.75) is 19.8 Å². The van der Waals surface area contributed by atoms with E-state index in [2.05, 4.69) is 17.3 Å². The lowest BCUT2D eigenvalue weighted by molar-refractivity contribution is -0.384. The third-order valence-electron chi connectivity index (χ3n) is 2.74. The van der Waals surface area contributed by atoms with Crippen molar-refractivity contribution < 1.29 is 4.92 Å². The van der Waals surface area contributed by atoms with Crippen LogP contribution < -0.4 is 11.3 Å². The number of anilines is 1. The van der Waals surface area contributed by atoms with E-state index in [1.165, 1.54) is 12.1 Å². The van der Waals surface area contributed by atoms with E-state index in [1.54, 1.807) is 6.07 Å². The highest BCUT2D eigenvalue weighted by Gasteiger charge is 2.10. The van der Waals surface area contributed by atoms with Gasteiger partial charge in [-0.05, 0) is 24.1 Å². The van der Waals surface area contributed by atoms with Crippen LogP contribution in [0.3, 0.4) is 0 Å². The Hall–Kier alpha value is -2.21. The van der Waals surface area contributed by atoms with E-state index in [1.807, 2.05) is 6.07 Å². The van der Waals surface area contributed by atoms with Gasteiger partial charge in [0.05, 0.1) is 10.4 Å². The fourth-order valence-corrected chi connectivity index (χ4v) is 1.91. The lowest BCUT2D eigenvalue weighted by Gasteiger charge is -2.08. The molecule has 1 aromatic carbocycles. The molecule has 0 saturated heterocycles. The highest BCUT2D eigenvalue weighted by atomic mass is 16.6. The molecule has 0 amide bonds. The molecule has 6 nitrogen and oxygen atoms in total. The van der Waals surface area contributed by atoms with Gasteiger partial charge < -0.3 is 5.43 Å². The van der Waals surface area contributed by atoms with Gasteiger partial charge in [0.25, 0.3) is 5.69 Å². The first-order chi connectivity index (χ1) is 8.65. The highest BCUT2D eigenvalue weighted by molar-refractivity contribution is 5.83. The number of hydrazine groups is 1. The molecule has 0 radical (unpaired) electrons. The van der Waals surface area contributed by atoms with Crippen LogP contribution in [0.2, 0.25) is 0 Å². The Labute approximate surface area is 104 Å². The number of aryl methyl sites for hydroxylation is 1. The first-order valence-corrected chi connectivity index (χ1v) is 5.70. The number of rotatable bonds is 4. The third kappa shape index (κ3) is 2.23. The fourth-order valence-electron chi connectivity index (χ4n) is 1.91. The number of fused-ring (bicyclic) bond motifs is 1. The number of nitro benzene ring substituents is 1. The van der Waals surface area contributed by atoms with Crippen LogP contribution >= 0.6 is 0 Å². The van der Waals surface area contributed by atoms with Crippen LogP contribution in [0.4, 0.5) is 11.5 Å². The first-order valence-electron chi connectivity index (χ1n) is 5.70. The van der Waals surface area contributed by atoms with Gasteiger partial charge in [-0.2, -0.15) is 0 Å². The van der Waals surface area contributed by atoms with Gasteiger partial charge in [-0.1, -0.05) is 13.3 Å². The Balaban J connectivity index is 2.60. The van der Waals surface area contributed by atoms with E-state index in [9.17, 15) is 10.1 Å². The molecule has 0 bridgehead atoms. The molecular weight excluding hydrogens is 232 g/mol. The first kappa shape index (κ1) is 12.3. The van der Waals surface area contributed by atoms with Crippen molar-refractivity contribution >= 4 is 22.4 Å². The topological polar surface area (TPSA) is 94.1 Å². The zero-order chi connectivity index (χ0) is 13.1. The number of aromatic nitrogens is 1. The number of non-ortho nitro benzene ring substituents is 1. The Morgan fingerprint density at radius 1 is 1.44 bits per heavy atom. The molecular formula is C12H14N4O2. The van der Waals surface area contributed by atoms with Crippen molar-refractivity contribution in [2.75, 3.05) is 5.43 Å². The van der Waals surface area contributed by atoms with Crippen molar-refractivity contribution in [1.29, 1.82) is 0 Å². The molecule has 0 unspecified atom stereocenters. The van der Waals surface area contributed by atoms with Gasteiger partial charge >= 0.3 is 0 Å². The summed E-state index contributed by atoms with van der Waals surface area (Å²) in [5.41, 5.74) is 4.29. The number of pyridine rings is 1. The fraction of sp³-hybridized carbons (Fsp3) is 0.250. The maximum atomic E-state index is 10.7. The zero-order valence-corrected chi connectivity index (χ0v) is 10.0. The van der Waals surface area contributed by atoms with Gasteiger partial charge in [-0.15, -0.1) is 0 Å². The summed E-state index contributed by atoms with van der Waals surface area (Å²) in [5, 5.41) is 11.5. The van der Waals surface area contributed by atoms with Crippen molar-refractivity contribution in [2.24, 2.45) is 5.84 Å². The molecule has 0 aliphatic rings. The molecule has 0 aliphatic heterocycles. The SMILES string of the molecule is CCCc1cc2cc([N+](=O)[O-])ccc2nc1NN. The number of nitrogens with one attached hydrogen (secondary N) is 1. The van der Waals surface area contributed by atoms with Crippen LogP contribution in [0.5, 0.6) is 0 Å². The second kappa shape index (κ2) is 4.97. The highest BCUT2D eigenvalue weighted by Crippen LogP contribution is 2.24. The molecule has 1 heterocycles. The summed E-state index contributed by atoms with van der Waals surface area (Å²) in [6, 6.07) is 6.50. The van der Waals surface area contributed by atoms with E-state index in [0.29, 0.717) is 11.3 Å². The van der Waals surface area contributed by atoms with E-state index >= 15 is 0 Å². The molecule has 3 N–H and O–H groups in total. The second-order valence-corrected chi connectivity index (χ2v) is 4.02. The summed E-state index contributed by atoms with van der Waals surface area (Å²) in [4.78, 5) is 14.7. The normalized spacial score (nSPS) is 10.6. The number of benzene rings is 1. The summed E-state index contributed by atoms with van der Waals surface area (Å²) in [6.45, 7) is 2.05. The van der Waals surface area contributed by atoms with Gasteiger partial charge in [0, 0.05) is 17.5 Å². The molecule has 0 fully saturated rings. The average molecular weight is 246 g/mol. The number of hydrogen-bond donors (Lipinski definition) is 2. The van der Waals surface area contributed by atoms with Crippen molar-refractivity contribution in [3.05, 3.63) is 39.9 Å². The van der Waals surface area contributed by atoms with Crippen molar-refractivity contribution in [3.8, 4) is 0 Å². The molecule has 2 aromatic rings. The van der Waals surface area contributed by atoms with Crippen LogP contribution in [0.25, 0.3) is 10.9 Å². The molecule has 0 saturated carbocycles. The summed E-state index contributed by atoms with van der Waals surface area (Å²) in [5.74, 6) is 6.05. The minimum Gasteiger partial charge on any atom is -0.308 e. The summed E-state index contributed by atoms with van der Waals surface area (Å²) < 4.78 is 0. The second-order valence-electron chi connectivity index (χ2n) is 4.02. The van der Waals surface area contributed by atoms with E-state index < -0.39 is 4.92 Å². The molecule has 0 atom stereocenters. The maximum Gasteiger partial charge on any atom is 0.270 e. The van der Waals surface area contributed by atoms with Gasteiger partial charge in [0.15, 0.2) is 0 Å².